The molecule has 89 heavy (non-hydrogen) atoms. The van der Waals surface area contributed by atoms with Gasteiger partial charge in [-0.25, -0.2) is 4.79 Å². The number of nitrogens with two attached hydrogens (primary N) is 1. The summed E-state index contributed by atoms with van der Waals surface area (Å²) < 4.78 is 245. The maximum Gasteiger partial charge on any atom is 0.358 e. The van der Waals surface area contributed by atoms with Gasteiger partial charge in [-0.2, -0.15) is 73.8 Å². The first-order valence-electron chi connectivity index (χ1n) is 22.4. The predicted octanol–water partition coefficient (Wildman–Crippen LogP) is 6.87. The molecule has 0 spiro atoms. The standard InChI is InChI=1S/C42H28N12O28S7/c43-33-26(15-28(85(68,69)70)22-14-31(88(77,78)79)35(39(56)32(22)33)50-45-23-9-6-19(84(65,66)67)12-27(23)54(60)61)48-47-25-10-7-20-21(40(25)89(80,81)82)13-30(87(74,75)76)34(38(20)55)49-44-16-1-8-24(29(11-16)86(71,72)73)46-51-36-37(42(58)59)52-53(41(36)57)17-2-4-18(5-3-17)83(62,63)64/h1-15,55-57H,43H2,(H,58,59)(H,62,63,64)(H,65,66,67)(H,68,69,70)(H,71,72,73)(H,74,75,76)(H,77,78,79)(H,80,81,82). The Hall–Kier alpha value is -9.89. The maximum atomic E-state index is 13.1. The number of fused-ring (bicyclic) bond motifs is 2. The number of hydrogen-bond donors (Lipinski definition) is 12. The molecule has 0 aliphatic rings. The summed E-state index contributed by atoms with van der Waals surface area (Å²) in [7, 11) is -38.1. The normalized spacial score (nSPS) is 13.2. The van der Waals surface area contributed by atoms with E-state index in [1.165, 1.54) is 0 Å². The first-order valence-corrected chi connectivity index (χ1v) is 32.5. The van der Waals surface area contributed by atoms with Crippen LogP contribution < -0.4 is 5.73 Å². The highest BCUT2D eigenvalue weighted by Gasteiger charge is 2.32. The molecule has 0 aliphatic heterocycles. The van der Waals surface area contributed by atoms with Gasteiger partial charge >= 0.3 is 5.97 Å². The fourth-order valence-electron chi connectivity index (χ4n) is 7.87. The Kier molecular flexibility index (Phi) is 16.6. The van der Waals surface area contributed by atoms with Crippen molar-refractivity contribution in [2.24, 2.45) is 40.9 Å². The third kappa shape index (κ3) is 13.2. The Labute approximate surface area is 494 Å². The molecule has 0 aliphatic carbocycles. The van der Waals surface area contributed by atoms with E-state index in [1.54, 1.807) is 0 Å². The molecule has 1 heterocycles. The minimum atomic E-state index is -5.80. The zero-order chi connectivity index (χ0) is 66.2. The van der Waals surface area contributed by atoms with E-state index in [2.05, 4.69) is 46.0 Å². The zero-order valence-corrected chi connectivity index (χ0v) is 48.1. The Morgan fingerprint density at radius 2 is 0.955 bits per heavy atom. The number of phenolic OH excluding ortho intramolecular Hbond substituents is 2. The van der Waals surface area contributed by atoms with Crippen molar-refractivity contribution in [3.05, 3.63) is 107 Å². The molecule has 0 saturated heterocycles. The van der Waals surface area contributed by atoms with Crippen molar-refractivity contribution in [1.82, 2.24) is 9.78 Å². The first kappa shape index (κ1) is 65.1. The summed E-state index contributed by atoms with van der Waals surface area (Å²) >= 11 is 0. The molecule has 0 atom stereocenters. The molecular weight excluding hydrogens is 1340 g/mol. The van der Waals surface area contributed by atoms with Crippen molar-refractivity contribution >= 4 is 155 Å². The van der Waals surface area contributed by atoms with E-state index in [4.69, 9.17) is 5.73 Å². The molecule has 8 rings (SSSR count). The number of anilines is 1. The number of carbonyl (C=O) groups is 1. The second-order valence-electron chi connectivity index (χ2n) is 17.3. The first-order chi connectivity index (χ1) is 40.9. The van der Waals surface area contributed by atoms with E-state index in [0.29, 0.717) is 35.0 Å². The number of aromatic nitrogens is 2. The van der Waals surface area contributed by atoms with Crippen molar-refractivity contribution in [1.29, 1.82) is 0 Å². The molecule has 1 aromatic heterocycles. The maximum absolute atomic E-state index is 13.1. The Morgan fingerprint density at radius 3 is 1.49 bits per heavy atom. The van der Waals surface area contributed by atoms with E-state index in [1.807, 2.05) is 0 Å². The fraction of sp³-hybridized carbons (Fsp3) is 0. The van der Waals surface area contributed by atoms with Gasteiger partial charge in [0, 0.05) is 22.2 Å². The number of rotatable bonds is 18. The van der Waals surface area contributed by atoms with E-state index < -0.39 is 217 Å². The number of phenols is 2. The molecule has 0 bridgehead atoms. The van der Waals surface area contributed by atoms with Crippen molar-refractivity contribution in [3.8, 4) is 23.1 Å². The molecule has 47 heteroatoms. The number of carboxylic acid groups (broad SMARTS) is 1. The molecule has 0 unspecified atom stereocenters. The van der Waals surface area contributed by atoms with Crippen molar-refractivity contribution in [2.45, 2.75) is 34.3 Å². The van der Waals surface area contributed by atoms with Crippen LogP contribution in [0.15, 0.2) is 166 Å². The smallest absolute Gasteiger partial charge is 0.358 e. The number of nitro groups is 1. The van der Waals surface area contributed by atoms with E-state index >= 15 is 0 Å². The molecule has 0 amide bonds. The van der Waals surface area contributed by atoms with Gasteiger partial charge < -0.3 is 26.2 Å². The number of aromatic hydroxyl groups is 3. The average molecular weight is 1370 g/mol. The van der Waals surface area contributed by atoms with Gasteiger partial charge in [0.2, 0.25) is 11.6 Å². The van der Waals surface area contributed by atoms with Crippen LogP contribution in [-0.4, -0.2) is 132 Å². The van der Waals surface area contributed by atoms with Gasteiger partial charge in [0.1, 0.15) is 57.8 Å². The summed E-state index contributed by atoms with van der Waals surface area (Å²) in [6, 6.07) is 9.24. The third-order valence-electron chi connectivity index (χ3n) is 11.7. The summed E-state index contributed by atoms with van der Waals surface area (Å²) in [5, 5.41) is 83.3. The molecule has 40 nitrogen and oxygen atoms in total. The van der Waals surface area contributed by atoms with Crippen LogP contribution in [0.25, 0.3) is 27.2 Å². The third-order valence-corrected chi connectivity index (χ3v) is 17.9. The lowest BCUT2D eigenvalue weighted by molar-refractivity contribution is -0.384. The lowest BCUT2D eigenvalue weighted by Gasteiger charge is -2.14. The summed E-state index contributed by atoms with van der Waals surface area (Å²) in [6.45, 7) is 0. The minimum Gasteiger partial charge on any atom is -0.505 e. The number of carboxylic acids is 1. The van der Waals surface area contributed by atoms with Gasteiger partial charge in [0.25, 0.3) is 76.5 Å². The van der Waals surface area contributed by atoms with Crippen LogP contribution in [0.2, 0.25) is 0 Å². The number of azo groups is 4. The number of aromatic carboxylic acids is 1. The molecule has 0 saturated carbocycles. The molecule has 466 valence electrons. The zero-order valence-electron chi connectivity index (χ0n) is 42.4. The van der Waals surface area contributed by atoms with Crippen LogP contribution in [-0.2, 0) is 70.8 Å². The highest BCUT2D eigenvalue weighted by Crippen LogP contribution is 2.50. The number of nitrogens with zero attached hydrogens (tertiary/aromatic N) is 11. The minimum absolute atomic E-state index is 0.204. The molecule has 8 aromatic rings. The Balaban J connectivity index is 1.23. The topological polar surface area (TPSA) is 664 Å². The highest BCUT2D eigenvalue weighted by atomic mass is 32.2. The molecule has 0 fully saturated rings. The van der Waals surface area contributed by atoms with Gasteiger partial charge in [-0.1, -0.05) is 0 Å². The Bertz CT molecular complexity index is 5450. The molecule has 7 aromatic carbocycles. The quantitative estimate of drug-likeness (QED) is 0.0137. The van der Waals surface area contributed by atoms with Crippen LogP contribution in [0.1, 0.15) is 10.5 Å². The summed E-state index contributed by atoms with van der Waals surface area (Å²) in [4.78, 5) is 13.7. The largest absolute Gasteiger partial charge is 0.505 e. The van der Waals surface area contributed by atoms with Crippen LogP contribution in [0.4, 0.5) is 56.9 Å². The van der Waals surface area contributed by atoms with Gasteiger partial charge in [-0.15, -0.1) is 35.8 Å². The second-order valence-corrected chi connectivity index (χ2v) is 27.1. The van der Waals surface area contributed by atoms with Gasteiger partial charge in [-0.05, 0) is 84.9 Å². The fourth-order valence-corrected chi connectivity index (χ4v) is 12.3. The van der Waals surface area contributed by atoms with Crippen molar-refractivity contribution in [2.75, 3.05) is 5.73 Å². The van der Waals surface area contributed by atoms with E-state index in [9.17, 15) is 126 Å². The van der Waals surface area contributed by atoms with Crippen LogP contribution in [0, 0.1) is 10.1 Å². The monoisotopic (exact) mass is 1370 g/mol. The number of benzene rings is 7. The number of nitro benzene ring substituents is 1. The lowest BCUT2D eigenvalue weighted by Crippen LogP contribution is -2.04. The lowest BCUT2D eigenvalue weighted by atomic mass is 10.0. The number of nitrogen functional groups attached to an aromatic ring is 1. The average Bonchev–Trinajstić information content (AvgIpc) is 1.37. The summed E-state index contributed by atoms with van der Waals surface area (Å²) in [6.07, 6.45) is 0. The molecule has 0 radical (unpaired) electrons. The van der Waals surface area contributed by atoms with Crippen LogP contribution in [0.5, 0.6) is 17.4 Å². The summed E-state index contributed by atoms with van der Waals surface area (Å²) in [5.41, 5.74) is -5.40. The second kappa shape index (κ2) is 22.7. The van der Waals surface area contributed by atoms with Gasteiger partial charge in [-0.3, -0.25) is 42.0 Å². The van der Waals surface area contributed by atoms with E-state index in [-0.39, 0.29) is 23.9 Å². The van der Waals surface area contributed by atoms with E-state index in [0.717, 1.165) is 42.5 Å². The summed E-state index contributed by atoms with van der Waals surface area (Å²) in [5.74, 6) is -5.90. The van der Waals surface area contributed by atoms with Crippen LogP contribution in [0.3, 0.4) is 0 Å². The van der Waals surface area contributed by atoms with Gasteiger partial charge in [0.15, 0.2) is 22.9 Å². The Morgan fingerprint density at radius 1 is 0.472 bits per heavy atom. The van der Waals surface area contributed by atoms with Crippen molar-refractivity contribution in [3.63, 3.8) is 0 Å². The van der Waals surface area contributed by atoms with Gasteiger partial charge in [0.05, 0.1) is 32.3 Å². The highest BCUT2D eigenvalue weighted by molar-refractivity contribution is 7.87. The number of hydrogen-bond acceptors (Lipinski definition) is 30. The van der Waals surface area contributed by atoms with Crippen molar-refractivity contribution < 1.29 is 121 Å². The molecule has 13 N–H and O–H groups in total. The van der Waals surface area contributed by atoms with Crippen LogP contribution >= 0.6 is 0 Å². The SMILES string of the molecule is Nc1c(N=Nc2ccc3c(O)c(N=Nc4ccc(N=Nc5c(C(=O)O)nn(-c6ccc(S(=O)(=O)O)cc6)c5O)c(S(=O)(=O)O)c4)c(S(=O)(=O)O)cc3c2S(=O)(=O)O)cc(S(=O)(=O)O)c2cc(S(=O)(=O)O)c(N=Nc3ccc(S(=O)(=O)O)cc3[N+](=O)[O-])c(O)c12. The predicted molar refractivity (Wildman–Crippen MR) is 293 cm³/mol. The molecular formula is C42H28N12O28S7.